The second-order valence-corrected chi connectivity index (χ2v) is 9.53. The van der Waals surface area contributed by atoms with Gasteiger partial charge in [0, 0.05) is 20.6 Å². The van der Waals surface area contributed by atoms with Gasteiger partial charge >= 0.3 is 6.03 Å². The molecule has 1 heterocycles. The van der Waals surface area contributed by atoms with Crippen LogP contribution in [0.25, 0.3) is 6.08 Å². The number of ether oxygens (including phenoxy) is 2. The fourth-order valence-corrected chi connectivity index (χ4v) is 4.64. The molecule has 0 atom stereocenters. The van der Waals surface area contributed by atoms with Gasteiger partial charge in [-0.3, -0.25) is 4.79 Å². The first-order valence-electron chi connectivity index (χ1n) is 10.4. The number of hydrogen-bond acceptors (Lipinski definition) is 4. The highest BCUT2D eigenvalue weighted by Crippen LogP contribution is 2.39. The Morgan fingerprint density at radius 2 is 1.77 bits per heavy atom. The van der Waals surface area contributed by atoms with Gasteiger partial charge < -0.3 is 14.8 Å². The van der Waals surface area contributed by atoms with Crippen molar-refractivity contribution in [1.82, 2.24) is 5.32 Å². The Hall–Kier alpha value is -2.71. The number of carbonyl (C=O) groups is 2. The van der Waals surface area contributed by atoms with E-state index in [4.69, 9.17) is 44.3 Å². The van der Waals surface area contributed by atoms with Crippen molar-refractivity contribution >= 4 is 74.4 Å². The topological polar surface area (TPSA) is 67.9 Å². The summed E-state index contributed by atoms with van der Waals surface area (Å²) in [5.41, 5.74) is 1.88. The number of rotatable bonds is 7. The molecular formula is C25H18BrCl3N2O4. The van der Waals surface area contributed by atoms with Crippen molar-refractivity contribution in [3.8, 4) is 11.5 Å². The zero-order valence-corrected chi connectivity index (χ0v) is 22.1. The van der Waals surface area contributed by atoms with Crippen LogP contribution in [0.3, 0.4) is 0 Å². The Morgan fingerprint density at radius 1 is 1.00 bits per heavy atom. The van der Waals surface area contributed by atoms with E-state index in [1.165, 1.54) is 0 Å². The largest absolute Gasteiger partial charge is 0.490 e. The summed E-state index contributed by atoms with van der Waals surface area (Å²) in [6, 6.07) is 14.6. The predicted molar refractivity (Wildman–Crippen MR) is 142 cm³/mol. The molecule has 10 heteroatoms. The number of benzene rings is 3. The SMILES string of the molecule is CCOc1cc(/C=C2/NC(=O)N(c3cccc(Cl)c3)C2=O)cc(Br)c1OCc1ccc(Cl)cc1Cl. The lowest BCUT2D eigenvalue weighted by atomic mass is 10.1. The lowest BCUT2D eigenvalue weighted by Gasteiger charge is -2.15. The third-order valence-electron chi connectivity index (χ3n) is 4.97. The average molecular weight is 597 g/mol. The van der Waals surface area contributed by atoms with E-state index in [9.17, 15) is 9.59 Å². The molecule has 180 valence electrons. The van der Waals surface area contributed by atoms with Gasteiger partial charge in [-0.25, -0.2) is 9.69 Å². The van der Waals surface area contributed by atoms with Gasteiger partial charge in [-0.05, 0) is 77.0 Å². The molecular weight excluding hydrogens is 579 g/mol. The van der Waals surface area contributed by atoms with Crippen LogP contribution >= 0.6 is 50.7 Å². The van der Waals surface area contributed by atoms with Gasteiger partial charge in [0.05, 0.1) is 16.8 Å². The summed E-state index contributed by atoms with van der Waals surface area (Å²) in [6.45, 7) is 2.43. The minimum Gasteiger partial charge on any atom is -0.490 e. The van der Waals surface area contributed by atoms with Crippen LogP contribution in [-0.4, -0.2) is 18.5 Å². The van der Waals surface area contributed by atoms with Crippen molar-refractivity contribution in [2.45, 2.75) is 13.5 Å². The van der Waals surface area contributed by atoms with Crippen LogP contribution in [-0.2, 0) is 11.4 Å². The lowest BCUT2D eigenvalue weighted by molar-refractivity contribution is -0.113. The normalized spacial score (nSPS) is 14.4. The molecule has 3 aromatic rings. The molecule has 3 aromatic carbocycles. The first-order chi connectivity index (χ1) is 16.8. The Bertz CT molecular complexity index is 1350. The molecule has 0 saturated carbocycles. The van der Waals surface area contributed by atoms with Crippen LogP contribution in [0, 0.1) is 0 Å². The number of nitrogens with one attached hydrogen (secondary N) is 1. The van der Waals surface area contributed by atoms with E-state index in [0.29, 0.717) is 48.9 Å². The van der Waals surface area contributed by atoms with Gasteiger partial charge in [0.15, 0.2) is 11.5 Å². The van der Waals surface area contributed by atoms with Crippen molar-refractivity contribution in [2.75, 3.05) is 11.5 Å². The first kappa shape index (κ1) is 25.4. The van der Waals surface area contributed by atoms with Gasteiger partial charge in [-0.15, -0.1) is 0 Å². The average Bonchev–Trinajstić information content (AvgIpc) is 3.07. The number of amides is 3. The van der Waals surface area contributed by atoms with Crippen molar-refractivity contribution in [1.29, 1.82) is 0 Å². The fraction of sp³-hybridized carbons (Fsp3) is 0.120. The van der Waals surface area contributed by atoms with Gasteiger partial charge in [0.2, 0.25) is 0 Å². The van der Waals surface area contributed by atoms with E-state index >= 15 is 0 Å². The van der Waals surface area contributed by atoms with E-state index in [1.54, 1.807) is 60.7 Å². The van der Waals surface area contributed by atoms with Gasteiger partial charge in [0.25, 0.3) is 5.91 Å². The highest BCUT2D eigenvalue weighted by molar-refractivity contribution is 9.10. The molecule has 0 radical (unpaired) electrons. The van der Waals surface area contributed by atoms with Crippen LogP contribution in [0.2, 0.25) is 15.1 Å². The molecule has 1 saturated heterocycles. The quantitative estimate of drug-likeness (QED) is 0.227. The molecule has 35 heavy (non-hydrogen) atoms. The molecule has 1 aliphatic heterocycles. The number of anilines is 1. The van der Waals surface area contributed by atoms with Crippen molar-refractivity contribution in [3.63, 3.8) is 0 Å². The maximum absolute atomic E-state index is 13.0. The number of carbonyl (C=O) groups excluding carboxylic acids is 2. The Labute approximate surface area is 225 Å². The standard InChI is InChI=1S/C25H18BrCl3N2O4/c1-2-34-22-10-14(8-19(26)23(22)35-13-15-6-7-17(28)12-20(15)29)9-21-24(32)31(25(33)30-21)18-5-3-4-16(27)11-18/h3-12H,2,13H2,1H3,(H,30,33)/b21-9+. The maximum Gasteiger partial charge on any atom is 0.333 e. The van der Waals surface area contributed by atoms with Crippen LogP contribution in [0.4, 0.5) is 10.5 Å². The highest BCUT2D eigenvalue weighted by atomic mass is 79.9. The second kappa shape index (κ2) is 10.9. The zero-order chi connectivity index (χ0) is 25.1. The molecule has 4 rings (SSSR count). The number of hydrogen-bond donors (Lipinski definition) is 1. The molecule has 0 aromatic heterocycles. The molecule has 6 nitrogen and oxygen atoms in total. The van der Waals surface area contributed by atoms with Crippen molar-refractivity contribution in [3.05, 3.63) is 91.0 Å². The number of nitrogens with zero attached hydrogens (tertiary/aromatic N) is 1. The predicted octanol–water partition coefficient (Wildman–Crippen LogP) is 7.48. The maximum atomic E-state index is 13.0. The first-order valence-corrected chi connectivity index (χ1v) is 12.3. The zero-order valence-electron chi connectivity index (χ0n) is 18.3. The van der Waals surface area contributed by atoms with E-state index in [0.717, 1.165) is 10.5 Å². The molecule has 0 unspecified atom stereocenters. The van der Waals surface area contributed by atoms with Gasteiger partial charge in [-0.2, -0.15) is 0 Å². The third-order valence-corrected chi connectivity index (χ3v) is 6.39. The summed E-state index contributed by atoms with van der Waals surface area (Å²) < 4.78 is 12.4. The van der Waals surface area contributed by atoms with Gasteiger partial charge in [0.1, 0.15) is 12.3 Å². The van der Waals surface area contributed by atoms with Crippen molar-refractivity contribution in [2.24, 2.45) is 0 Å². The second-order valence-electron chi connectivity index (χ2n) is 7.40. The number of urea groups is 1. The monoisotopic (exact) mass is 594 g/mol. The molecule has 3 amide bonds. The minimum absolute atomic E-state index is 0.117. The fourth-order valence-electron chi connectivity index (χ4n) is 3.41. The van der Waals surface area contributed by atoms with E-state index in [1.807, 2.05) is 6.92 Å². The molecule has 1 N–H and O–H groups in total. The third kappa shape index (κ3) is 5.76. The summed E-state index contributed by atoms with van der Waals surface area (Å²) >= 11 is 21.8. The number of halogens is 4. The summed E-state index contributed by atoms with van der Waals surface area (Å²) in [5, 5.41) is 4.05. The molecule has 1 fully saturated rings. The molecule has 0 bridgehead atoms. The van der Waals surface area contributed by atoms with Crippen LogP contribution in [0.5, 0.6) is 11.5 Å². The van der Waals surface area contributed by atoms with Crippen LogP contribution in [0.1, 0.15) is 18.1 Å². The van der Waals surface area contributed by atoms with Crippen LogP contribution < -0.4 is 19.7 Å². The highest BCUT2D eigenvalue weighted by Gasteiger charge is 2.35. The van der Waals surface area contributed by atoms with E-state index in [2.05, 4.69) is 21.2 Å². The van der Waals surface area contributed by atoms with Gasteiger partial charge in [-0.1, -0.05) is 46.9 Å². The Kier molecular flexibility index (Phi) is 7.91. The molecule has 1 aliphatic rings. The Balaban J connectivity index is 1.61. The van der Waals surface area contributed by atoms with Crippen LogP contribution in [0.15, 0.2) is 64.8 Å². The lowest BCUT2D eigenvalue weighted by Crippen LogP contribution is -2.30. The Morgan fingerprint density at radius 3 is 2.49 bits per heavy atom. The van der Waals surface area contributed by atoms with E-state index < -0.39 is 11.9 Å². The van der Waals surface area contributed by atoms with E-state index in [-0.39, 0.29) is 12.3 Å². The summed E-state index contributed by atoms with van der Waals surface area (Å²) in [4.78, 5) is 26.5. The number of imide groups is 1. The van der Waals surface area contributed by atoms with Crippen molar-refractivity contribution < 1.29 is 19.1 Å². The molecule has 0 spiro atoms. The smallest absolute Gasteiger partial charge is 0.333 e. The summed E-state index contributed by atoms with van der Waals surface area (Å²) in [6.07, 6.45) is 1.57. The minimum atomic E-state index is -0.563. The molecule has 0 aliphatic carbocycles. The summed E-state index contributed by atoms with van der Waals surface area (Å²) in [7, 11) is 0. The summed E-state index contributed by atoms with van der Waals surface area (Å²) in [5.74, 6) is 0.439.